The average molecular weight is 323 g/mol. The largest absolute Gasteiger partial charge is 0.481 e. The van der Waals surface area contributed by atoms with E-state index in [1.165, 1.54) is 7.11 Å². The van der Waals surface area contributed by atoms with Gasteiger partial charge in [0.1, 0.15) is 5.15 Å². The highest BCUT2D eigenvalue weighted by Crippen LogP contribution is 2.37. The molecule has 0 aliphatic heterocycles. The molecule has 0 aliphatic carbocycles. The molecule has 0 saturated heterocycles. The summed E-state index contributed by atoms with van der Waals surface area (Å²) < 4.78 is 4.98. The van der Waals surface area contributed by atoms with E-state index in [1.54, 1.807) is 24.3 Å². The lowest BCUT2D eigenvalue weighted by molar-refractivity contribution is 0.398. The molecule has 0 radical (unpaired) electrons. The first kappa shape index (κ1) is 13.8. The highest BCUT2D eigenvalue weighted by molar-refractivity contribution is 6.48. The predicted octanol–water partition coefficient (Wildman–Crippen LogP) is 5.37. The predicted molar refractivity (Wildman–Crippen MR) is 76.3 cm³/mol. The highest BCUT2D eigenvalue weighted by atomic mass is 35.5. The Hall–Kier alpha value is -0.670. The average Bonchev–Trinajstić information content (AvgIpc) is 2.35. The normalized spacial score (nSPS) is 10.5. The Labute approximate surface area is 124 Å². The van der Waals surface area contributed by atoms with Gasteiger partial charge in [0.05, 0.1) is 22.2 Å². The van der Waals surface area contributed by atoms with Crippen LogP contribution in [0.5, 0.6) is 5.88 Å². The molecular formula is C12H7Cl4NO. The standard InChI is InChI=1S/C12H7Cl4NO/c1-18-10-3-2-7(12(16)17-10)6-4-8(13)11(15)9(14)5-6/h2-5H,1H3. The summed E-state index contributed by atoms with van der Waals surface area (Å²) in [6, 6.07) is 6.86. The summed E-state index contributed by atoms with van der Waals surface area (Å²) in [7, 11) is 1.52. The summed E-state index contributed by atoms with van der Waals surface area (Å²) in [4.78, 5) is 4.07. The van der Waals surface area contributed by atoms with Crippen LogP contribution in [0.15, 0.2) is 24.3 Å². The minimum atomic E-state index is 0.309. The van der Waals surface area contributed by atoms with Crippen LogP contribution in [0.3, 0.4) is 0 Å². The second kappa shape index (κ2) is 5.54. The van der Waals surface area contributed by atoms with Crippen molar-refractivity contribution in [1.29, 1.82) is 0 Å². The molecule has 94 valence electrons. The third-order valence-corrected chi connectivity index (χ3v) is 3.81. The van der Waals surface area contributed by atoms with Crippen molar-refractivity contribution in [3.05, 3.63) is 44.5 Å². The van der Waals surface area contributed by atoms with Crippen molar-refractivity contribution in [2.24, 2.45) is 0 Å². The van der Waals surface area contributed by atoms with Crippen LogP contribution in [0.2, 0.25) is 20.2 Å². The molecule has 0 N–H and O–H groups in total. The summed E-state index contributed by atoms with van der Waals surface area (Å²) in [5.74, 6) is 0.440. The van der Waals surface area contributed by atoms with E-state index in [0.717, 1.165) is 5.56 Å². The summed E-state index contributed by atoms with van der Waals surface area (Å²) in [5.41, 5.74) is 1.45. The van der Waals surface area contributed by atoms with Gasteiger partial charge in [-0.15, -0.1) is 0 Å². The van der Waals surface area contributed by atoms with Crippen molar-refractivity contribution in [2.45, 2.75) is 0 Å². The second-order valence-corrected chi connectivity index (χ2v) is 5.00. The maximum Gasteiger partial charge on any atom is 0.214 e. The van der Waals surface area contributed by atoms with Crippen LogP contribution in [0, 0.1) is 0 Å². The molecule has 1 aromatic heterocycles. The number of nitrogens with zero attached hydrogens (tertiary/aromatic N) is 1. The number of rotatable bonds is 2. The SMILES string of the molecule is COc1ccc(-c2cc(Cl)c(Cl)c(Cl)c2)c(Cl)n1. The van der Waals surface area contributed by atoms with E-state index in [-0.39, 0.29) is 0 Å². The Balaban J connectivity index is 2.55. The fraction of sp³-hybridized carbons (Fsp3) is 0.0833. The van der Waals surface area contributed by atoms with Gasteiger partial charge in [-0.2, -0.15) is 0 Å². The number of halogens is 4. The molecule has 0 fully saturated rings. The smallest absolute Gasteiger partial charge is 0.214 e. The third kappa shape index (κ3) is 2.67. The van der Waals surface area contributed by atoms with Gasteiger partial charge in [0.25, 0.3) is 0 Å². The van der Waals surface area contributed by atoms with Crippen molar-refractivity contribution < 1.29 is 4.74 Å². The van der Waals surface area contributed by atoms with Crippen LogP contribution < -0.4 is 4.74 Å². The fourth-order valence-corrected chi connectivity index (χ4v) is 2.31. The van der Waals surface area contributed by atoms with Crippen molar-refractivity contribution in [1.82, 2.24) is 4.98 Å². The van der Waals surface area contributed by atoms with Crippen LogP contribution in [0.4, 0.5) is 0 Å². The molecule has 0 atom stereocenters. The van der Waals surface area contributed by atoms with Gasteiger partial charge in [-0.25, -0.2) is 4.98 Å². The van der Waals surface area contributed by atoms with E-state index in [1.807, 2.05) is 0 Å². The Morgan fingerprint density at radius 1 is 1.00 bits per heavy atom. The van der Waals surface area contributed by atoms with E-state index in [0.29, 0.717) is 31.7 Å². The number of methoxy groups -OCH3 is 1. The quantitative estimate of drug-likeness (QED) is 0.547. The zero-order valence-electron chi connectivity index (χ0n) is 9.18. The van der Waals surface area contributed by atoms with Crippen molar-refractivity contribution in [2.75, 3.05) is 7.11 Å². The number of hydrogen-bond donors (Lipinski definition) is 0. The highest BCUT2D eigenvalue weighted by Gasteiger charge is 2.11. The van der Waals surface area contributed by atoms with Gasteiger partial charge in [0, 0.05) is 11.6 Å². The van der Waals surface area contributed by atoms with Crippen LogP contribution in [-0.2, 0) is 0 Å². The first-order valence-corrected chi connectivity index (χ1v) is 6.39. The van der Waals surface area contributed by atoms with E-state index >= 15 is 0 Å². The molecule has 0 spiro atoms. The summed E-state index contributed by atoms with van der Waals surface area (Å²) in [6.45, 7) is 0. The maximum atomic E-state index is 6.08. The van der Waals surface area contributed by atoms with Gasteiger partial charge in [0.15, 0.2) is 0 Å². The molecule has 0 amide bonds. The molecule has 2 nitrogen and oxygen atoms in total. The Kier molecular flexibility index (Phi) is 4.23. The fourth-order valence-electron chi connectivity index (χ4n) is 1.46. The molecule has 1 aromatic carbocycles. The van der Waals surface area contributed by atoms with Crippen molar-refractivity contribution in [3.8, 4) is 17.0 Å². The van der Waals surface area contributed by atoms with Gasteiger partial charge in [0.2, 0.25) is 5.88 Å². The molecule has 0 unspecified atom stereocenters. The monoisotopic (exact) mass is 321 g/mol. The minimum absolute atomic E-state index is 0.309. The Morgan fingerprint density at radius 2 is 1.61 bits per heavy atom. The first-order valence-electron chi connectivity index (χ1n) is 4.88. The maximum absolute atomic E-state index is 6.08. The van der Waals surface area contributed by atoms with E-state index in [2.05, 4.69) is 4.98 Å². The zero-order valence-corrected chi connectivity index (χ0v) is 12.2. The molecule has 18 heavy (non-hydrogen) atoms. The van der Waals surface area contributed by atoms with Crippen molar-refractivity contribution >= 4 is 46.4 Å². The Morgan fingerprint density at radius 3 is 2.11 bits per heavy atom. The minimum Gasteiger partial charge on any atom is -0.481 e. The van der Waals surface area contributed by atoms with E-state index < -0.39 is 0 Å². The van der Waals surface area contributed by atoms with Crippen molar-refractivity contribution in [3.63, 3.8) is 0 Å². The number of ether oxygens (including phenoxy) is 1. The molecule has 6 heteroatoms. The molecule has 2 rings (SSSR count). The summed E-state index contributed by atoms with van der Waals surface area (Å²) in [6.07, 6.45) is 0. The lowest BCUT2D eigenvalue weighted by atomic mass is 10.1. The molecule has 0 bridgehead atoms. The number of pyridine rings is 1. The van der Waals surface area contributed by atoms with Crippen LogP contribution in [0.1, 0.15) is 0 Å². The van der Waals surface area contributed by atoms with Gasteiger partial charge >= 0.3 is 0 Å². The number of hydrogen-bond acceptors (Lipinski definition) is 2. The van der Waals surface area contributed by atoms with Gasteiger partial charge in [-0.1, -0.05) is 46.4 Å². The molecule has 1 heterocycles. The lowest BCUT2D eigenvalue weighted by Crippen LogP contribution is -1.90. The van der Waals surface area contributed by atoms with Gasteiger partial charge in [-0.05, 0) is 23.8 Å². The van der Waals surface area contributed by atoms with Crippen LogP contribution >= 0.6 is 46.4 Å². The first-order chi connectivity index (χ1) is 8.52. The van der Waals surface area contributed by atoms with E-state index in [9.17, 15) is 0 Å². The number of aromatic nitrogens is 1. The van der Waals surface area contributed by atoms with E-state index in [4.69, 9.17) is 51.1 Å². The second-order valence-electron chi connectivity index (χ2n) is 3.45. The lowest BCUT2D eigenvalue weighted by Gasteiger charge is -2.08. The molecule has 0 saturated carbocycles. The molecule has 2 aromatic rings. The summed E-state index contributed by atoms with van der Waals surface area (Å²) >= 11 is 23.9. The molecule has 0 aliphatic rings. The third-order valence-electron chi connectivity index (χ3n) is 2.33. The number of benzene rings is 1. The Bertz CT molecular complexity index is 578. The van der Waals surface area contributed by atoms with Gasteiger partial charge in [-0.3, -0.25) is 0 Å². The van der Waals surface area contributed by atoms with Gasteiger partial charge < -0.3 is 4.74 Å². The topological polar surface area (TPSA) is 22.1 Å². The van der Waals surface area contributed by atoms with Crippen LogP contribution in [0.25, 0.3) is 11.1 Å². The van der Waals surface area contributed by atoms with Crippen LogP contribution in [-0.4, -0.2) is 12.1 Å². The summed E-state index contributed by atoms with van der Waals surface area (Å²) in [5, 5.41) is 1.36. The molecular weight excluding hydrogens is 316 g/mol. The zero-order chi connectivity index (χ0) is 13.3.